The zero-order valence-corrected chi connectivity index (χ0v) is 24.5. The highest BCUT2D eigenvalue weighted by Gasteiger charge is 2.24. The first-order valence-corrected chi connectivity index (χ1v) is 13.7. The molecule has 206 valence electrons. The lowest BCUT2D eigenvalue weighted by Crippen LogP contribution is -2.47. The summed E-state index contributed by atoms with van der Waals surface area (Å²) in [5, 5.41) is 10.8. The summed E-state index contributed by atoms with van der Waals surface area (Å²) >= 11 is 6.07. The number of hydrogen-bond acceptors (Lipinski definition) is 2. The van der Waals surface area contributed by atoms with E-state index in [4.69, 9.17) is 21.5 Å². The summed E-state index contributed by atoms with van der Waals surface area (Å²) in [5.41, 5.74) is 2.62. The van der Waals surface area contributed by atoms with Gasteiger partial charge in [0.15, 0.2) is 0 Å². The number of carbonyl (C=O) groups is 2. The minimum atomic E-state index is -0.250. The summed E-state index contributed by atoms with van der Waals surface area (Å²) in [6.07, 6.45) is 12.8. The fourth-order valence-corrected chi connectivity index (χ4v) is 3.83. The summed E-state index contributed by atoms with van der Waals surface area (Å²) in [7, 11) is 0. The minimum Gasteiger partial charge on any atom is -0.483 e. The van der Waals surface area contributed by atoms with E-state index in [-0.39, 0.29) is 18.5 Å². The molecule has 1 fully saturated rings. The molecule has 1 aromatic rings. The second-order valence-corrected chi connectivity index (χ2v) is 9.70. The van der Waals surface area contributed by atoms with Gasteiger partial charge < -0.3 is 15.3 Å². The van der Waals surface area contributed by atoms with Crippen molar-refractivity contribution in [3.05, 3.63) is 59.3 Å². The monoisotopic (exact) mass is 522 g/mol. The van der Waals surface area contributed by atoms with Crippen LogP contribution in [0, 0.1) is 11.8 Å². The van der Waals surface area contributed by atoms with E-state index in [1.165, 1.54) is 43.2 Å². The largest absolute Gasteiger partial charge is 0.483 e. The Bertz CT molecular complexity index is 739. The Morgan fingerprint density at radius 1 is 1.22 bits per heavy atom. The van der Waals surface area contributed by atoms with Crippen LogP contribution in [0.15, 0.2) is 48.7 Å². The van der Waals surface area contributed by atoms with Crippen LogP contribution in [0.3, 0.4) is 0 Å². The fourth-order valence-electron chi connectivity index (χ4n) is 3.60. The maximum atomic E-state index is 11.5. The van der Waals surface area contributed by atoms with E-state index in [1.54, 1.807) is 11.0 Å². The van der Waals surface area contributed by atoms with Crippen LogP contribution in [0.1, 0.15) is 92.6 Å². The topological polar surface area (TPSA) is 69.6 Å². The zero-order valence-electron chi connectivity index (χ0n) is 23.7. The third-order valence-electron chi connectivity index (χ3n) is 5.54. The molecule has 36 heavy (non-hydrogen) atoms. The van der Waals surface area contributed by atoms with Crippen LogP contribution in [0.2, 0.25) is 5.02 Å². The molecule has 6 heteroatoms. The SMILES string of the molecule is C=CC.CCC.CCCN1C=C(C(C)C)C(C)NC1=O.Clc1ccccc1CCC1CCC1.O=CO. The number of benzene rings is 1. The standard InChI is InChI=1S/C12H15Cl.C11H20N2O.C3H8.C3H6.CH2O2/c13-12-7-2-1-6-11(12)9-8-10-4-3-5-10;1-5-6-13-7-10(8(2)3)9(4)12-11(13)14;2*1-3-2;2-1-3/h1-2,6-7,10H,3-5,8-9H2;7-9H,5-6H2,1-4H3,(H,12,14);3H2,1-2H3;3H,1H2,2H3;1H,(H,2,3). The van der Waals surface area contributed by atoms with Crippen LogP contribution >= 0.6 is 11.6 Å². The summed E-state index contributed by atoms with van der Waals surface area (Å²) < 4.78 is 0. The number of nitrogens with zero attached hydrogens (tertiary/aromatic N) is 1. The molecule has 0 aromatic heterocycles. The number of allylic oxidation sites excluding steroid dienone is 1. The highest BCUT2D eigenvalue weighted by atomic mass is 35.5. The number of carboxylic acid groups (broad SMARTS) is 1. The number of halogens is 1. The number of aryl methyl sites for hydroxylation is 1. The van der Waals surface area contributed by atoms with Gasteiger partial charge in [-0.2, -0.15) is 0 Å². The van der Waals surface area contributed by atoms with Crippen LogP contribution in [-0.4, -0.2) is 35.1 Å². The Kier molecular flexibility index (Phi) is 23.1. The predicted octanol–water partition coefficient (Wildman–Crippen LogP) is 8.73. The fraction of sp³-hybridized carbons (Fsp3) is 0.600. The average molecular weight is 523 g/mol. The zero-order chi connectivity index (χ0) is 27.9. The van der Waals surface area contributed by atoms with Crippen molar-refractivity contribution < 1.29 is 14.7 Å². The molecular weight excluding hydrogens is 472 g/mol. The minimum absolute atomic E-state index is 0.0313. The molecule has 2 amide bonds. The van der Waals surface area contributed by atoms with Crippen LogP contribution in [0.25, 0.3) is 0 Å². The number of amides is 2. The molecule has 1 atom stereocenters. The number of nitrogens with one attached hydrogen (secondary N) is 1. The Balaban J connectivity index is 0. The van der Waals surface area contributed by atoms with E-state index in [1.807, 2.05) is 32.2 Å². The van der Waals surface area contributed by atoms with Gasteiger partial charge in [0.05, 0.1) is 6.04 Å². The van der Waals surface area contributed by atoms with E-state index in [0.717, 1.165) is 30.3 Å². The maximum Gasteiger partial charge on any atom is 0.321 e. The maximum absolute atomic E-state index is 11.5. The molecule has 2 aliphatic rings. The first-order chi connectivity index (χ1) is 17.2. The van der Waals surface area contributed by atoms with Gasteiger partial charge >= 0.3 is 6.03 Å². The van der Waals surface area contributed by atoms with Gasteiger partial charge in [-0.1, -0.05) is 96.2 Å². The molecule has 1 heterocycles. The van der Waals surface area contributed by atoms with E-state index in [2.05, 4.69) is 58.6 Å². The smallest absolute Gasteiger partial charge is 0.321 e. The van der Waals surface area contributed by atoms with E-state index >= 15 is 0 Å². The Morgan fingerprint density at radius 3 is 2.17 bits per heavy atom. The van der Waals surface area contributed by atoms with Crippen molar-refractivity contribution in [3.8, 4) is 0 Å². The van der Waals surface area contributed by atoms with E-state index in [9.17, 15) is 4.79 Å². The molecular formula is C30H51ClN2O3. The van der Waals surface area contributed by atoms with Gasteiger partial charge in [0.2, 0.25) is 0 Å². The number of hydrogen-bond donors (Lipinski definition) is 2. The second kappa shape index (κ2) is 23.1. The third kappa shape index (κ3) is 16.4. The highest BCUT2D eigenvalue weighted by Crippen LogP contribution is 2.31. The van der Waals surface area contributed by atoms with E-state index in [0.29, 0.717) is 5.92 Å². The molecule has 0 spiro atoms. The van der Waals surface area contributed by atoms with Crippen molar-refractivity contribution in [3.63, 3.8) is 0 Å². The van der Waals surface area contributed by atoms with Gasteiger partial charge in [-0.3, -0.25) is 4.79 Å². The second-order valence-electron chi connectivity index (χ2n) is 9.30. The van der Waals surface area contributed by atoms with Gasteiger partial charge in [0.25, 0.3) is 6.47 Å². The number of rotatable bonds is 6. The quantitative estimate of drug-likeness (QED) is 0.290. The van der Waals surface area contributed by atoms with Crippen molar-refractivity contribution in [2.75, 3.05) is 6.54 Å². The molecule has 5 nitrogen and oxygen atoms in total. The lowest BCUT2D eigenvalue weighted by atomic mass is 9.81. The van der Waals surface area contributed by atoms with Crippen molar-refractivity contribution in [1.82, 2.24) is 10.2 Å². The summed E-state index contributed by atoms with van der Waals surface area (Å²) in [6, 6.07) is 8.40. The molecule has 1 aromatic carbocycles. The van der Waals surface area contributed by atoms with Crippen LogP contribution < -0.4 is 5.32 Å². The van der Waals surface area contributed by atoms with Gasteiger partial charge in [0, 0.05) is 17.8 Å². The first kappa shape index (κ1) is 35.9. The molecule has 1 saturated carbocycles. The number of urea groups is 1. The van der Waals surface area contributed by atoms with E-state index < -0.39 is 0 Å². The third-order valence-corrected chi connectivity index (χ3v) is 5.91. The molecule has 1 aliphatic heterocycles. The van der Waals surface area contributed by atoms with Crippen molar-refractivity contribution >= 4 is 24.1 Å². The molecule has 0 radical (unpaired) electrons. The molecule has 1 aliphatic carbocycles. The summed E-state index contributed by atoms with van der Waals surface area (Å²) in [4.78, 5) is 21.7. The van der Waals surface area contributed by atoms with Gasteiger partial charge in [-0.15, -0.1) is 6.58 Å². The van der Waals surface area contributed by atoms with Crippen molar-refractivity contribution in [2.45, 2.75) is 99.5 Å². The summed E-state index contributed by atoms with van der Waals surface area (Å²) in [5.74, 6) is 1.47. The molecule has 3 rings (SSSR count). The lowest BCUT2D eigenvalue weighted by Gasteiger charge is -2.31. The predicted molar refractivity (Wildman–Crippen MR) is 156 cm³/mol. The highest BCUT2D eigenvalue weighted by molar-refractivity contribution is 6.31. The van der Waals surface area contributed by atoms with Crippen molar-refractivity contribution in [1.29, 1.82) is 0 Å². The first-order valence-electron chi connectivity index (χ1n) is 13.3. The summed E-state index contributed by atoms with van der Waals surface area (Å²) in [6.45, 7) is 18.5. The number of carbonyl (C=O) groups excluding carboxylic acids is 1. The average Bonchev–Trinajstić information content (AvgIpc) is 2.78. The molecule has 0 saturated heterocycles. The van der Waals surface area contributed by atoms with Crippen LogP contribution in [-0.2, 0) is 11.2 Å². The molecule has 2 N–H and O–H groups in total. The van der Waals surface area contributed by atoms with Gasteiger partial charge in [0.1, 0.15) is 0 Å². The Labute approximate surface area is 226 Å². The lowest BCUT2D eigenvalue weighted by molar-refractivity contribution is -0.122. The van der Waals surface area contributed by atoms with Gasteiger partial charge in [-0.05, 0) is 62.1 Å². The van der Waals surface area contributed by atoms with Crippen molar-refractivity contribution in [2.24, 2.45) is 11.8 Å². The Morgan fingerprint density at radius 2 is 1.75 bits per heavy atom. The normalized spacial score (nSPS) is 16.0. The molecule has 0 bridgehead atoms. The van der Waals surface area contributed by atoms with Crippen LogP contribution in [0.4, 0.5) is 4.79 Å². The molecule has 1 unspecified atom stereocenters. The Hall–Kier alpha value is -2.27. The van der Waals surface area contributed by atoms with Crippen LogP contribution in [0.5, 0.6) is 0 Å². The van der Waals surface area contributed by atoms with Gasteiger partial charge in [-0.25, -0.2) is 4.79 Å².